The number of hydrogen-bond acceptors (Lipinski definition) is 2. The molecule has 0 heterocycles. The lowest BCUT2D eigenvalue weighted by Crippen LogP contribution is -2.37. The van der Waals surface area contributed by atoms with Crippen LogP contribution >= 0.6 is 11.6 Å². The highest BCUT2D eigenvalue weighted by molar-refractivity contribution is 6.34. The Bertz CT molecular complexity index is 429. The van der Waals surface area contributed by atoms with E-state index >= 15 is 0 Å². The quantitative estimate of drug-likeness (QED) is 0.662. The summed E-state index contributed by atoms with van der Waals surface area (Å²) >= 11 is 6.02. The number of nitrogens with two attached hydrogens (primary N) is 1. The predicted molar refractivity (Wildman–Crippen MR) is 72.2 cm³/mol. The van der Waals surface area contributed by atoms with Crippen LogP contribution in [0.15, 0.2) is 30.9 Å². The maximum Gasteiger partial charge on any atom is 0.255 e. The second-order valence-electron chi connectivity index (χ2n) is 4.08. The Morgan fingerprint density at radius 3 is 2.71 bits per heavy atom. The number of nitrogen functional groups attached to an aromatic ring is 1. The molecule has 1 rings (SSSR count). The van der Waals surface area contributed by atoms with Gasteiger partial charge in [-0.1, -0.05) is 17.7 Å². The molecule has 0 saturated carbocycles. The van der Waals surface area contributed by atoms with Crippen LogP contribution < -0.4 is 5.73 Å². The monoisotopic (exact) mass is 252 g/mol. The van der Waals surface area contributed by atoms with Crippen molar-refractivity contribution in [2.45, 2.75) is 19.9 Å². The number of nitrogens with zero attached hydrogens (tertiary/aromatic N) is 1. The smallest absolute Gasteiger partial charge is 0.255 e. The summed E-state index contributed by atoms with van der Waals surface area (Å²) in [4.78, 5) is 14.0. The van der Waals surface area contributed by atoms with Crippen LogP contribution in [0.25, 0.3) is 0 Å². The van der Waals surface area contributed by atoms with E-state index in [1.165, 1.54) is 0 Å². The molecular weight excluding hydrogens is 236 g/mol. The van der Waals surface area contributed by atoms with Gasteiger partial charge in [0.05, 0.1) is 10.6 Å². The van der Waals surface area contributed by atoms with Crippen molar-refractivity contribution < 1.29 is 4.79 Å². The lowest BCUT2D eigenvalue weighted by molar-refractivity contribution is 0.0729. The minimum Gasteiger partial charge on any atom is -0.399 e. The predicted octanol–water partition coefficient (Wildman–Crippen LogP) is 2.96. The number of amides is 1. The molecule has 0 atom stereocenters. The van der Waals surface area contributed by atoms with E-state index in [-0.39, 0.29) is 11.9 Å². The maximum atomic E-state index is 12.3. The molecule has 1 aromatic carbocycles. The molecule has 1 amide bonds. The number of anilines is 1. The van der Waals surface area contributed by atoms with Crippen LogP contribution in [0.2, 0.25) is 5.02 Å². The van der Waals surface area contributed by atoms with Gasteiger partial charge in [0.25, 0.3) is 5.91 Å². The van der Waals surface area contributed by atoms with Crippen LogP contribution in [-0.4, -0.2) is 23.4 Å². The third-order valence-corrected chi connectivity index (χ3v) is 2.75. The van der Waals surface area contributed by atoms with E-state index in [0.29, 0.717) is 22.8 Å². The standard InChI is InChI=1S/C13H17ClN2O/c1-4-7-16(9(2)3)13(17)11-6-5-10(15)8-12(11)14/h4-6,8-9H,1,7,15H2,2-3H3. The van der Waals surface area contributed by atoms with Gasteiger partial charge in [0.15, 0.2) is 0 Å². The minimum absolute atomic E-state index is 0.0918. The first-order valence-electron chi connectivity index (χ1n) is 5.44. The molecule has 0 aliphatic carbocycles. The van der Waals surface area contributed by atoms with Crippen LogP contribution in [0, 0.1) is 0 Å². The van der Waals surface area contributed by atoms with Crippen LogP contribution in [0.3, 0.4) is 0 Å². The lowest BCUT2D eigenvalue weighted by Gasteiger charge is -2.25. The normalized spacial score (nSPS) is 10.4. The molecule has 2 N–H and O–H groups in total. The summed E-state index contributed by atoms with van der Waals surface area (Å²) in [6.07, 6.45) is 1.70. The van der Waals surface area contributed by atoms with Crippen molar-refractivity contribution in [1.82, 2.24) is 4.90 Å². The highest BCUT2D eigenvalue weighted by Crippen LogP contribution is 2.21. The van der Waals surface area contributed by atoms with E-state index in [0.717, 1.165) is 0 Å². The van der Waals surface area contributed by atoms with Gasteiger partial charge in [-0.15, -0.1) is 6.58 Å². The summed E-state index contributed by atoms with van der Waals surface area (Å²) in [5, 5.41) is 0.379. The molecule has 92 valence electrons. The molecule has 17 heavy (non-hydrogen) atoms. The molecule has 1 aromatic rings. The van der Waals surface area contributed by atoms with Crippen LogP contribution in [0.1, 0.15) is 24.2 Å². The Morgan fingerprint density at radius 2 is 2.24 bits per heavy atom. The average molecular weight is 253 g/mol. The minimum atomic E-state index is -0.107. The fourth-order valence-corrected chi connectivity index (χ4v) is 1.80. The lowest BCUT2D eigenvalue weighted by atomic mass is 10.1. The van der Waals surface area contributed by atoms with Gasteiger partial charge in [-0.05, 0) is 32.0 Å². The van der Waals surface area contributed by atoms with E-state index in [9.17, 15) is 4.79 Å². The summed E-state index contributed by atoms with van der Waals surface area (Å²) in [6.45, 7) is 8.05. The fraction of sp³-hybridized carbons (Fsp3) is 0.308. The zero-order chi connectivity index (χ0) is 13.0. The van der Waals surface area contributed by atoms with Gasteiger partial charge in [-0.3, -0.25) is 4.79 Å². The van der Waals surface area contributed by atoms with Crippen molar-refractivity contribution in [3.63, 3.8) is 0 Å². The van der Waals surface area contributed by atoms with E-state index in [2.05, 4.69) is 6.58 Å². The van der Waals surface area contributed by atoms with E-state index in [4.69, 9.17) is 17.3 Å². The molecule has 0 aromatic heterocycles. The summed E-state index contributed by atoms with van der Waals surface area (Å²) in [5.74, 6) is -0.107. The van der Waals surface area contributed by atoms with E-state index < -0.39 is 0 Å². The van der Waals surface area contributed by atoms with Gasteiger partial charge in [-0.25, -0.2) is 0 Å². The van der Waals surface area contributed by atoms with E-state index in [1.54, 1.807) is 29.2 Å². The van der Waals surface area contributed by atoms with Crippen molar-refractivity contribution >= 4 is 23.2 Å². The van der Waals surface area contributed by atoms with Crippen molar-refractivity contribution in [2.75, 3.05) is 12.3 Å². The second kappa shape index (κ2) is 5.73. The number of halogens is 1. The average Bonchev–Trinajstić information content (AvgIpc) is 2.24. The highest BCUT2D eigenvalue weighted by Gasteiger charge is 2.19. The third-order valence-electron chi connectivity index (χ3n) is 2.43. The number of benzene rings is 1. The summed E-state index contributed by atoms with van der Waals surface area (Å²) < 4.78 is 0. The maximum absolute atomic E-state index is 12.3. The number of carbonyl (C=O) groups excluding carboxylic acids is 1. The first-order valence-corrected chi connectivity index (χ1v) is 5.82. The van der Waals surface area contributed by atoms with Gasteiger partial charge in [0.1, 0.15) is 0 Å². The zero-order valence-electron chi connectivity index (χ0n) is 10.1. The van der Waals surface area contributed by atoms with E-state index in [1.807, 2.05) is 13.8 Å². The largest absolute Gasteiger partial charge is 0.399 e. The molecular formula is C13H17ClN2O. The first kappa shape index (κ1) is 13.6. The Labute approximate surface area is 107 Å². The van der Waals surface area contributed by atoms with Gasteiger partial charge in [0, 0.05) is 18.3 Å². The summed E-state index contributed by atoms with van der Waals surface area (Å²) in [6, 6.07) is 5.00. The van der Waals surface area contributed by atoms with Crippen LogP contribution in [0.5, 0.6) is 0 Å². The molecule has 0 aliphatic heterocycles. The molecule has 0 saturated heterocycles. The van der Waals surface area contributed by atoms with Crippen molar-refractivity contribution in [1.29, 1.82) is 0 Å². The van der Waals surface area contributed by atoms with Gasteiger partial charge in [0.2, 0.25) is 0 Å². The van der Waals surface area contributed by atoms with Crippen molar-refractivity contribution in [2.24, 2.45) is 0 Å². The molecule has 0 radical (unpaired) electrons. The summed E-state index contributed by atoms with van der Waals surface area (Å²) in [5.41, 5.74) is 6.61. The number of rotatable bonds is 4. The topological polar surface area (TPSA) is 46.3 Å². The molecule has 0 fully saturated rings. The number of hydrogen-bond donors (Lipinski definition) is 1. The van der Waals surface area contributed by atoms with Crippen molar-refractivity contribution in [3.05, 3.63) is 41.4 Å². The van der Waals surface area contributed by atoms with Gasteiger partial charge in [-0.2, -0.15) is 0 Å². The molecule has 0 bridgehead atoms. The summed E-state index contributed by atoms with van der Waals surface area (Å²) in [7, 11) is 0. The molecule has 0 unspecified atom stereocenters. The Morgan fingerprint density at radius 1 is 1.59 bits per heavy atom. The van der Waals surface area contributed by atoms with Gasteiger partial charge < -0.3 is 10.6 Å². The third kappa shape index (κ3) is 3.24. The Hall–Kier alpha value is -1.48. The Kier molecular flexibility index (Phi) is 4.58. The van der Waals surface area contributed by atoms with Crippen molar-refractivity contribution in [3.8, 4) is 0 Å². The number of carbonyl (C=O) groups is 1. The SMILES string of the molecule is C=CCN(C(=O)c1ccc(N)cc1Cl)C(C)C. The zero-order valence-corrected chi connectivity index (χ0v) is 10.9. The molecule has 3 nitrogen and oxygen atoms in total. The molecule has 0 spiro atoms. The fourth-order valence-electron chi connectivity index (χ4n) is 1.53. The van der Waals surface area contributed by atoms with Gasteiger partial charge >= 0.3 is 0 Å². The van der Waals surface area contributed by atoms with Crippen LogP contribution in [-0.2, 0) is 0 Å². The van der Waals surface area contributed by atoms with Crippen LogP contribution in [0.4, 0.5) is 5.69 Å². The Balaban J connectivity index is 3.05. The second-order valence-corrected chi connectivity index (χ2v) is 4.49. The highest BCUT2D eigenvalue weighted by atomic mass is 35.5. The molecule has 4 heteroatoms. The first-order chi connectivity index (χ1) is 7.97. The molecule has 0 aliphatic rings.